The van der Waals surface area contributed by atoms with E-state index in [1.807, 2.05) is 36.4 Å². The molecule has 2 aromatic carbocycles. The summed E-state index contributed by atoms with van der Waals surface area (Å²) in [5, 5.41) is 10.4. The summed E-state index contributed by atoms with van der Waals surface area (Å²) in [6.45, 7) is 0. The molecule has 0 spiro atoms. The van der Waals surface area contributed by atoms with Crippen molar-refractivity contribution in [1.29, 1.82) is 0 Å². The predicted octanol–water partition coefficient (Wildman–Crippen LogP) is 3.55. The van der Waals surface area contributed by atoms with Crippen molar-refractivity contribution in [1.82, 2.24) is 0 Å². The zero-order valence-corrected chi connectivity index (χ0v) is 12.3. The Hall–Kier alpha value is -1.52. The van der Waals surface area contributed by atoms with E-state index < -0.39 is 6.10 Å². The molecule has 0 aliphatic heterocycles. The fourth-order valence-electron chi connectivity index (χ4n) is 1.92. The molecule has 2 rings (SSSR count). The summed E-state index contributed by atoms with van der Waals surface area (Å²) in [6, 6.07) is 13.1. The van der Waals surface area contributed by atoms with Gasteiger partial charge in [-0.3, -0.25) is 0 Å². The van der Waals surface area contributed by atoms with Crippen LogP contribution < -0.4 is 9.47 Å². The van der Waals surface area contributed by atoms with Gasteiger partial charge in [0.15, 0.2) is 11.5 Å². The summed E-state index contributed by atoms with van der Waals surface area (Å²) in [4.78, 5) is 0. The van der Waals surface area contributed by atoms with Crippen LogP contribution in [0.5, 0.6) is 11.5 Å². The lowest BCUT2D eigenvalue weighted by atomic mass is 10.0. The maximum atomic E-state index is 10.4. The molecular formula is C15H15BrO3. The highest BCUT2D eigenvalue weighted by atomic mass is 79.9. The van der Waals surface area contributed by atoms with Crippen LogP contribution in [0.25, 0.3) is 0 Å². The molecule has 100 valence electrons. The fourth-order valence-corrected chi connectivity index (χ4v) is 2.55. The van der Waals surface area contributed by atoms with Crippen molar-refractivity contribution in [3.63, 3.8) is 0 Å². The van der Waals surface area contributed by atoms with Crippen LogP contribution in [-0.2, 0) is 0 Å². The van der Waals surface area contributed by atoms with E-state index in [1.165, 1.54) is 0 Å². The second-order valence-electron chi connectivity index (χ2n) is 4.05. The second kappa shape index (κ2) is 6.08. The molecule has 0 amide bonds. The molecule has 0 radical (unpaired) electrons. The number of hydrogen-bond acceptors (Lipinski definition) is 3. The van der Waals surface area contributed by atoms with Crippen molar-refractivity contribution in [3.05, 3.63) is 58.1 Å². The molecule has 0 fully saturated rings. The Bertz CT molecular complexity index is 555. The predicted molar refractivity (Wildman–Crippen MR) is 77.7 cm³/mol. The second-order valence-corrected chi connectivity index (χ2v) is 4.91. The molecule has 0 bridgehead atoms. The quantitative estimate of drug-likeness (QED) is 0.935. The maximum Gasteiger partial charge on any atom is 0.174 e. The normalized spacial score (nSPS) is 12.0. The number of hydrogen-bond donors (Lipinski definition) is 1. The van der Waals surface area contributed by atoms with Crippen LogP contribution in [0.1, 0.15) is 17.2 Å². The molecule has 19 heavy (non-hydrogen) atoms. The Balaban J connectivity index is 2.43. The number of ether oxygens (including phenoxy) is 2. The van der Waals surface area contributed by atoms with Gasteiger partial charge in [0.05, 0.1) is 18.7 Å². The number of benzene rings is 2. The van der Waals surface area contributed by atoms with Gasteiger partial charge < -0.3 is 14.6 Å². The molecule has 1 N–H and O–H groups in total. The van der Waals surface area contributed by atoms with Gasteiger partial charge in [0.25, 0.3) is 0 Å². The van der Waals surface area contributed by atoms with Crippen LogP contribution in [0.15, 0.2) is 46.9 Å². The molecule has 0 saturated carbocycles. The largest absolute Gasteiger partial charge is 0.493 e. The van der Waals surface area contributed by atoms with Crippen LogP contribution >= 0.6 is 15.9 Å². The maximum absolute atomic E-state index is 10.4. The van der Waals surface area contributed by atoms with Crippen molar-refractivity contribution in [2.75, 3.05) is 14.2 Å². The van der Waals surface area contributed by atoms with E-state index in [0.29, 0.717) is 11.5 Å². The van der Waals surface area contributed by atoms with Gasteiger partial charge in [0.1, 0.15) is 6.10 Å². The summed E-state index contributed by atoms with van der Waals surface area (Å²) >= 11 is 3.42. The Morgan fingerprint density at radius 1 is 1.00 bits per heavy atom. The first kappa shape index (κ1) is 13.9. The van der Waals surface area contributed by atoms with Gasteiger partial charge in [-0.25, -0.2) is 0 Å². The third kappa shape index (κ3) is 2.91. The van der Waals surface area contributed by atoms with Crippen LogP contribution in [0.2, 0.25) is 0 Å². The number of aliphatic hydroxyl groups is 1. The smallest absolute Gasteiger partial charge is 0.174 e. The number of aliphatic hydroxyl groups excluding tert-OH is 1. The van der Waals surface area contributed by atoms with Crippen molar-refractivity contribution in [3.8, 4) is 11.5 Å². The lowest BCUT2D eigenvalue weighted by Crippen LogP contribution is -2.01. The number of methoxy groups -OCH3 is 2. The van der Waals surface area contributed by atoms with Gasteiger partial charge in [-0.2, -0.15) is 0 Å². The fraction of sp³-hybridized carbons (Fsp3) is 0.200. The molecule has 0 heterocycles. The van der Waals surface area contributed by atoms with E-state index >= 15 is 0 Å². The van der Waals surface area contributed by atoms with Crippen molar-refractivity contribution in [2.45, 2.75) is 6.10 Å². The molecule has 3 nitrogen and oxygen atoms in total. The highest BCUT2D eigenvalue weighted by Gasteiger charge is 2.16. The monoisotopic (exact) mass is 322 g/mol. The van der Waals surface area contributed by atoms with Crippen molar-refractivity contribution >= 4 is 15.9 Å². The van der Waals surface area contributed by atoms with Gasteiger partial charge in [-0.05, 0) is 39.2 Å². The van der Waals surface area contributed by atoms with Crippen molar-refractivity contribution in [2.24, 2.45) is 0 Å². The minimum absolute atomic E-state index is 0.585. The Morgan fingerprint density at radius 2 is 1.68 bits per heavy atom. The lowest BCUT2D eigenvalue weighted by Gasteiger charge is -2.16. The average Bonchev–Trinajstić information content (AvgIpc) is 2.46. The SMILES string of the molecule is COc1cc(C(O)c2ccccc2)cc(Br)c1OC. The number of halogens is 1. The topological polar surface area (TPSA) is 38.7 Å². The zero-order chi connectivity index (χ0) is 13.8. The van der Waals surface area contributed by atoms with Crippen LogP contribution in [0.4, 0.5) is 0 Å². The highest BCUT2D eigenvalue weighted by Crippen LogP contribution is 2.38. The van der Waals surface area contributed by atoms with E-state index in [-0.39, 0.29) is 0 Å². The van der Waals surface area contributed by atoms with E-state index in [4.69, 9.17) is 9.47 Å². The van der Waals surface area contributed by atoms with Gasteiger partial charge >= 0.3 is 0 Å². The third-order valence-corrected chi connectivity index (χ3v) is 3.48. The van der Waals surface area contributed by atoms with Gasteiger partial charge in [-0.15, -0.1) is 0 Å². The Labute approximate surface area is 120 Å². The van der Waals surface area contributed by atoms with E-state index in [0.717, 1.165) is 15.6 Å². The summed E-state index contributed by atoms with van der Waals surface area (Å²) in [5.41, 5.74) is 1.58. The summed E-state index contributed by atoms with van der Waals surface area (Å²) in [6.07, 6.45) is -0.697. The standard InChI is InChI=1S/C15H15BrO3/c1-18-13-9-11(8-12(16)15(13)19-2)14(17)10-6-4-3-5-7-10/h3-9,14,17H,1-2H3. The molecular weight excluding hydrogens is 308 g/mol. The molecule has 0 aliphatic rings. The molecule has 2 aromatic rings. The third-order valence-electron chi connectivity index (χ3n) is 2.89. The van der Waals surface area contributed by atoms with E-state index in [9.17, 15) is 5.11 Å². The first-order valence-electron chi connectivity index (χ1n) is 5.81. The van der Waals surface area contributed by atoms with Crippen LogP contribution in [-0.4, -0.2) is 19.3 Å². The van der Waals surface area contributed by atoms with E-state index in [1.54, 1.807) is 20.3 Å². The number of rotatable bonds is 4. The molecule has 4 heteroatoms. The molecule has 1 unspecified atom stereocenters. The molecule has 0 aromatic heterocycles. The molecule has 0 aliphatic carbocycles. The summed E-state index contributed by atoms with van der Waals surface area (Å²) < 4.78 is 11.3. The average molecular weight is 323 g/mol. The van der Waals surface area contributed by atoms with Crippen LogP contribution in [0.3, 0.4) is 0 Å². The van der Waals surface area contributed by atoms with Gasteiger partial charge in [-0.1, -0.05) is 30.3 Å². The van der Waals surface area contributed by atoms with Crippen molar-refractivity contribution < 1.29 is 14.6 Å². The first-order valence-corrected chi connectivity index (χ1v) is 6.61. The Kier molecular flexibility index (Phi) is 4.45. The lowest BCUT2D eigenvalue weighted by molar-refractivity contribution is 0.219. The summed E-state index contributed by atoms with van der Waals surface area (Å²) in [5.74, 6) is 1.20. The summed E-state index contributed by atoms with van der Waals surface area (Å²) in [7, 11) is 3.15. The van der Waals surface area contributed by atoms with Gasteiger partial charge in [0.2, 0.25) is 0 Å². The minimum atomic E-state index is -0.697. The Morgan fingerprint density at radius 3 is 2.26 bits per heavy atom. The van der Waals surface area contributed by atoms with E-state index in [2.05, 4.69) is 15.9 Å². The molecule has 0 saturated heterocycles. The van der Waals surface area contributed by atoms with Gasteiger partial charge in [0, 0.05) is 0 Å². The highest BCUT2D eigenvalue weighted by molar-refractivity contribution is 9.10. The zero-order valence-electron chi connectivity index (χ0n) is 10.8. The first-order chi connectivity index (χ1) is 9.17. The molecule has 1 atom stereocenters. The van der Waals surface area contributed by atoms with Crippen LogP contribution in [0, 0.1) is 0 Å². The minimum Gasteiger partial charge on any atom is -0.493 e.